The molecule has 0 spiro atoms. The van der Waals surface area contributed by atoms with E-state index in [4.69, 9.17) is 4.74 Å². The zero-order chi connectivity index (χ0) is 13.9. The predicted molar refractivity (Wildman–Crippen MR) is 80.0 cm³/mol. The number of fused-ring (bicyclic) bond motifs is 1. The number of benzene rings is 1. The summed E-state index contributed by atoms with van der Waals surface area (Å²) in [6.07, 6.45) is 6.89. The van der Waals surface area contributed by atoms with Crippen molar-refractivity contribution in [1.82, 2.24) is 14.1 Å². The molecule has 0 unspecified atom stereocenters. The normalized spacial score (nSPS) is 11.1. The van der Waals surface area contributed by atoms with E-state index in [0.29, 0.717) is 6.61 Å². The molecule has 0 aliphatic heterocycles. The first kappa shape index (κ1) is 12.8. The van der Waals surface area contributed by atoms with Crippen LogP contribution in [0.2, 0.25) is 0 Å². The molecular weight excluding hydrogens is 250 g/mol. The van der Waals surface area contributed by atoms with E-state index in [-0.39, 0.29) is 0 Å². The third kappa shape index (κ3) is 2.41. The van der Waals surface area contributed by atoms with Gasteiger partial charge in [0, 0.05) is 49.5 Å². The van der Waals surface area contributed by atoms with Gasteiger partial charge in [-0.15, -0.1) is 0 Å². The fourth-order valence-corrected chi connectivity index (χ4v) is 2.49. The van der Waals surface area contributed by atoms with Crippen molar-refractivity contribution >= 4 is 10.9 Å². The Balaban J connectivity index is 1.80. The fraction of sp³-hybridized carbons (Fsp3) is 0.312. The zero-order valence-corrected chi connectivity index (χ0v) is 11.9. The van der Waals surface area contributed by atoms with Gasteiger partial charge >= 0.3 is 0 Å². The second-order valence-corrected chi connectivity index (χ2v) is 4.87. The maximum absolute atomic E-state index is 5.54. The van der Waals surface area contributed by atoms with E-state index in [1.807, 2.05) is 32.4 Å². The first-order chi connectivity index (χ1) is 9.78. The number of rotatable bonds is 5. The molecule has 0 atom stereocenters. The van der Waals surface area contributed by atoms with Gasteiger partial charge in [0.1, 0.15) is 11.6 Å². The Hall–Kier alpha value is -2.23. The average Bonchev–Trinajstić information content (AvgIpc) is 3.03. The van der Waals surface area contributed by atoms with Crippen molar-refractivity contribution < 1.29 is 4.74 Å². The summed E-state index contributed by atoms with van der Waals surface area (Å²) in [5, 5.41) is 1.22. The molecule has 0 radical (unpaired) electrons. The lowest BCUT2D eigenvalue weighted by Gasteiger charge is -2.07. The Kier molecular flexibility index (Phi) is 3.46. The molecule has 0 fully saturated rings. The Morgan fingerprint density at radius 1 is 1.20 bits per heavy atom. The van der Waals surface area contributed by atoms with E-state index < -0.39 is 0 Å². The van der Waals surface area contributed by atoms with E-state index in [1.54, 1.807) is 0 Å². The van der Waals surface area contributed by atoms with Crippen molar-refractivity contribution in [3.05, 3.63) is 48.7 Å². The fourth-order valence-electron chi connectivity index (χ4n) is 2.49. The molecule has 0 saturated carbocycles. The SMILES string of the molecule is CCOc1ccc2c(ccn2CCc2nccn2C)c1. The molecule has 0 aliphatic rings. The summed E-state index contributed by atoms with van der Waals surface area (Å²) in [6, 6.07) is 8.38. The predicted octanol–water partition coefficient (Wildman–Crippen LogP) is 3.02. The maximum Gasteiger partial charge on any atom is 0.120 e. The second-order valence-electron chi connectivity index (χ2n) is 4.87. The van der Waals surface area contributed by atoms with Crippen LogP contribution in [0.15, 0.2) is 42.9 Å². The van der Waals surface area contributed by atoms with Gasteiger partial charge in [0.05, 0.1) is 6.61 Å². The molecule has 2 heterocycles. The molecule has 20 heavy (non-hydrogen) atoms. The summed E-state index contributed by atoms with van der Waals surface area (Å²) in [4.78, 5) is 4.36. The van der Waals surface area contributed by atoms with E-state index in [2.05, 4.69) is 38.5 Å². The third-order valence-corrected chi connectivity index (χ3v) is 3.55. The molecule has 0 aliphatic carbocycles. The second kappa shape index (κ2) is 5.41. The van der Waals surface area contributed by atoms with Crippen molar-refractivity contribution in [2.75, 3.05) is 6.61 Å². The highest BCUT2D eigenvalue weighted by Crippen LogP contribution is 2.22. The summed E-state index contributed by atoms with van der Waals surface area (Å²) in [5.74, 6) is 2.04. The molecule has 4 nitrogen and oxygen atoms in total. The molecule has 3 rings (SSSR count). The number of hydrogen-bond donors (Lipinski definition) is 0. The molecule has 104 valence electrons. The van der Waals surface area contributed by atoms with Gasteiger partial charge in [-0.3, -0.25) is 0 Å². The maximum atomic E-state index is 5.54. The Labute approximate surface area is 118 Å². The van der Waals surface area contributed by atoms with Crippen LogP contribution in [0.3, 0.4) is 0 Å². The van der Waals surface area contributed by atoms with Gasteiger partial charge in [-0.2, -0.15) is 0 Å². The lowest BCUT2D eigenvalue weighted by atomic mass is 10.2. The summed E-state index contributed by atoms with van der Waals surface area (Å²) in [6.45, 7) is 3.63. The first-order valence-corrected chi connectivity index (χ1v) is 6.96. The van der Waals surface area contributed by atoms with Gasteiger partial charge in [-0.1, -0.05) is 0 Å². The number of nitrogens with zero attached hydrogens (tertiary/aromatic N) is 3. The molecule has 0 saturated heterocycles. The van der Waals surface area contributed by atoms with Crippen LogP contribution >= 0.6 is 0 Å². The van der Waals surface area contributed by atoms with Crippen LogP contribution in [0.1, 0.15) is 12.7 Å². The molecule has 0 bridgehead atoms. The zero-order valence-electron chi connectivity index (χ0n) is 11.9. The van der Waals surface area contributed by atoms with Gasteiger partial charge in [0.15, 0.2) is 0 Å². The molecule has 2 aromatic heterocycles. The summed E-state index contributed by atoms with van der Waals surface area (Å²) < 4.78 is 9.87. The Bertz CT molecular complexity index is 711. The molecule has 0 N–H and O–H groups in total. The van der Waals surface area contributed by atoms with Crippen molar-refractivity contribution in [2.45, 2.75) is 19.9 Å². The molecular formula is C16H19N3O. The lowest BCUT2D eigenvalue weighted by molar-refractivity contribution is 0.340. The number of aryl methyl sites for hydroxylation is 3. The van der Waals surface area contributed by atoms with Crippen LogP contribution in [0.5, 0.6) is 5.75 Å². The number of ether oxygens (including phenoxy) is 1. The monoisotopic (exact) mass is 269 g/mol. The molecule has 1 aromatic carbocycles. The highest BCUT2D eigenvalue weighted by molar-refractivity contribution is 5.81. The van der Waals surface area contributed by atoms with Gasteiger partial charge in [-0.05, 0) is 31.2 Å². The van der Waals surface area contributed by atoms with E-state index in [0.717, 1.165) is 24.5 Å². The summed E-state index contributed by atoms with van der Waals surface area (Å²) in [7, 11) is 2.03. The van der Waals surface area contributed by atoms with E-state index >= 15 is 0 Å². The minimum Gasteiger partial charge on any atom is -0.494 e. The largest absolute Gasteiger partial charge is 0.494 e. The average molecular weight is 269 g/mol. The van der Waals surface area contributed by atoms with Crippen LogP contribution in [-0.4, -0.2) is 20.7 Å². The molecule has 3 aromatic rings. The van der Waals surface area contributed by atoms with Crippen molar-refractivity contribution in [3.63, 3.8) is 0 Å². The van der Waals surface area contributed by atoms with Crippen LogP contribution in [0.25, 0.3) is 10.9 Å². The molecule has 0 amide bonds. The van der Waals surface area contributed by atoms with Crippen LogP contribution in [0, 0.1) is 0 Å². The Morgan fingerprint density at radius 2 is 2.10 bits per heavy atom. The van der Waals surface area contributed by atoms with E-state index in [1.165, 1.54) is 10.9 Å². The smallest absolute Gasteiger partial charge is 0.120 e. The van der Waals surface area contributed by atoms with Gasteiger partial charge in [0.2, 0.25) is 0 Å². The highest BCUT2D eigenvalue weighted by atomic mass is 16.5. The summed E-state index contributed by atoms with van der Waals surface area (Å²) in [5.41, 5.74) is 1.24. The van der Waals surface area contributed by atoms with Gasteiger partial charge in [-0.25, -0.2) is 4.98 Å². The topological polar surface area (TPSA) is 32.0 Å². The van der Waals surface area contributed by atoms with Crippen LogP contribution in [-0.2, 0) is 20.0 Å². The van der Waals surface area contributed by atoms with Crippen molar-refractivity contribution in [2.24, 2.45) is 7.05 Å². The van der Waals surface area contributed by atoms with Gasteiger partial charge in [0.25, 0.3) is 0 Å². The molecule has 4 heteroatoms. The minimum absolute atomic E-state index is 0.700. The van der Waals surface area contributed by atoms with E-state index in [9.17, 15) is 0 Å². The quantitative estimate of drug-likeness (QED) is 0.713. The third-order valence-electron chi connectivity index (χ3n) is 3.55. The number of imidazole rings is 1. The van der Waals surface area contributed by atoms with Crippen LogP contribution in [0.4, 0.5) is 0 Å². The summed E-state index contributed by atoms with van der Waals surface area (Å²) >= 11 is 0. The number of aromatic nitrogens is 3. The number of hydrogen-bond acceptors (Lipinski definition) is 2. The Morgan fingerprint density at radius 3 is 2.85 bits per heavy atom. The minimum atomic E-state index is 0.700. The van der Waals surface area contributed by atoms with Crippen molar-refractivity contribution in [1.29, 1.82) is 0 Å². The van der Waals surface area contributed by atoms with Crippen molar-refractivity contribution in [3.8, 4) is 5.75 Å². The highest BCUT2D eigenvalue weighted by Gasteiger charge is 2.05. The standard InChI is InChI=1S/C16H19N3O/c1-3-20-14-4-5-15-13(12-14)6-9-19(15)10-7-16-17-8-11-18(16)2/h4-6,8-9,11-12H,3,7,10H2,1-2H3. The van der Waals surface area contributed by atoms with Crippen LogP contribution < -0.4 is 4.74 Å². The van der Waals surface area contributed by atoms with Gasteiger partial charge < -0.3 is 13.9 Å². The lowest BCUT2D eigenvalue weighted by Crippen LogP contribution is -2.04. The first-order valence-electron chi connectivity index (χ1n) is 6.96.